The van der Waals surface area contributed by atoms with E-state index in [1.165, 1.54) is 5.57 Å². The fraction of sp³-hybridized carbons (Fsp3) is 0.629. The molecule has 2 aliphatic rings. The summed E-state index contributed by atoms with van der Waals surface area (Å²) >= 11 is 0. The summed E-state index contributed by atoms with van der Waals surface area (Å²) in [5.74, 6) is -0.942. The van der Waals surface area contributed by atoms with Gasteiger partial charge in [0.05, 0.1) is 12.5 Å². The number of rotatable bonds is 11. The third kappa shape index (κ3) is 5.72. The van der Waals surface area contributed by atoms with Crippen LogP contribution in [-0.4, -0.2) is 24.5 Å². The van der Waals surface area contributed by atoms with Gasteiger partial charge in [-0.25, -0.2) is 0 Å². The number of allylic oxidation sites excluding steroid dienone is 10. The third-order valence-electron chi connectivity index (χ3n) is 8.87. The van der Waals surface area contributed by atoms with Gasteiger partial charge in [0.2, 0.25) is 0 Å². The summed E-state index contributed by atoms with van der Waals surface area (Å²) in [6, 6.07) is 0. The van der Waals surface area contributed by atoms with E-state index in [-0.39, 0.29) is 23.3 Å². The molecule has 39 heavy (non-hydrogen) atoms. The van der Waals surface area contributed by atoms with Gasteiger partial charge in [0, 0.05) is 16.9 Å². The fourth-order valence-electron chi connectivity index (χ4n) is 6.69. The van der Waals surface area contributed by atoms with Gasteiger partial charge < -0.3 is 4.74 Å². The van der Waals surface area contributed by atoms with E-state index in [2.05, 4.69) is 32.1 Å². The Labute approximate surface area is 237 Å². The van der Waals surface area contributed by atoms with Crippen molar-refractivity contribution in [1.82, 2.24) is 0 Å². The molecule has 0 aromatic rings. The van der Waals surface area contributed by atoms with E-state index in [1.807, 2.05) is 68.4 Å². The quantitative estimate of drug-likeness (QED) is 0.196. The summed E-state index contributed by atoms with van der Waals surface area (Å²) in [5, 5.41) is 0. The van der Waals surface area contributed by atoms with E-state index >= 15 is 4.79 Å². The van der Waals surface area contributed by atoms with Crippen molar-refractivity contribution < 1.29 is 19.1 Å². The predicted molar refractivity (Wildman–Crippen MR) is 161 cm³/mol. The molecule has 0 amide bonds. The normalized spacial score (nSPS) is 28.2. The molecule has 0 unspecified atom stereocenters. The van der Waals surface area contributed by atoms with Crippen molar-refractivity contribution >= 4 is 17.3 Å². The molecular weight excluding hydrogens is 484 g/mol. The summed E-state index contributed by atoms with van der Waals surface area (Å²) < 4.78 is 6.06. The number of fused-ring (bicyclic) bond motifs is 2. The van der Waals surface area contributed by atoms with E-state index < -0.39 is 22.2 Å². The number of methoxy groups -OCH3 is 1. The number of carbonyl (C=O) groups is 3. The third-order valence-corrected chi connectivity index (χ3v) is 8.87. The van der Waals surface area contributed by atoms with Gasteiger partial charge in [0.25, 0.3) is 0 Å². The van der Waals surface area contributed by atoms with Crippen LogP contribution in [0.5, 0.6) is 0 Å². The van der Waals surface area contributed by atoms with Crippen LogP contribution in [0.2, 0.25) is 0 Å². The standard InChI is InChI=1S/C35H52O4/c1-22(2)13-15-27-21-34(20-18-25(7)8)31(39-12)28(16-14-23(3)4)30(37)35(32(34)38,29(36)26(9)10)33(27,11)19-17-24(5)6/h13-14,17-18,26-27H,15-16,19-21H2,1-12H3/t27-,33+,34+,35-/m0/s1. The molecule has 4 atom stereocenters. The average Bonchev–Trinajstić information content (AvgIpc) is 2.83. The van der Waals surface area contributed by atoms with Crippen molar-refractivity contribution in [3.8, 4) is 0 Å². The number of ether oxygens (including phenoxy) is 1. The molecule has 0 aromatic carbocycles. The zero-order valence-electron chi connectivity index (χ0n) is 26.6. The lowest BCUT2D eigenvalue weighted by Crippen LogP contribution is -2.71. The average molecular weight is 537 g/mol. The molecule has 2 aliphatic carbocycles. The van der Waals surface area contributed by atoms with Gasteiger partial charge in [-0.3, -0.25) is 14.4 Å². The maximum absolute atomic E-state index is 15.2. The Kier molecular flexibility index (Phi) is 10.4. The zero-order valence-corrected chi connectivity index (χ0v) is 26.6. The number of Topliss-reactive ketones (excluding diaryl/α,β-unsaturated/α-hetero) is 3. The van der Waals surface area contributed by atoms with Crippen molar-refractivity contribution in [2.45, 2.75) is 108 Å². The first-order valence-corrected chi connectivity index (χ1v) is 14.5. The topological polar surface area (TPSA) is 60.4 Å². The molecule has 0 aliphatic heterocycles. The molecule has 2 bridgehead atoms. The Morgan fingerprint density at radius 3 is 1.85 bits per heavy atom. The summed E-state index contributed by atoms with van der Waals surface area (Å²) in [7, 11) is 1.57. The molecule has 4 nitrogen and oxygen atoms in total. The van der Waals surface area contributed by atoms with Crippen LogP contribution >= 0.6 is 0 Å². The van der Waals surface area contributed by atoms with E-state index in [1.54, 1.807) is 7.11 Å². The van der Waals surface area contributed by atoms with Gasteiger partial charge in [-0.15, -0.1) is 0 Å². The second-order valence-electron chi connectivity index (χ2n) is 13.3. The van der Waals surface area contributed by atoms with Gasteiger partial charge in [0.1, 0.15) is 5.76 Å². The molecule has 0 radical (unpaired) electrons. The highest BCUT2D eigenvalue weighted by Gasteiger charge is 2.76. The summed E-state index contributed by atoms with van der Waals surface area (Å²) in [5.41, 5.74) is 1.22. The minimum absolute atomic E-state index is 0.0759. The highest BCUT2D eigenvalue weighted by atomic mass is 16.5. The van der Waals surface area contributed by atoms with Crippen molar-refractivity contribution in [2.75, 3.05) is 7.11 Å². The smallest absolute Gasteiger partial charge is 0.184 e. The predicted octanol–water partition coefficient (Wildman–Crippen LogP) is 8.69. The van der Waals surface area contributed by atoms with Crippen molar-refractivity contribution in [1.29, 1.82) is 0 Å². The van der Waals surface area contributed by atoms with Crippen LogP contribution in [0.3, 0.4) is 0 Å². The number of carbonyl (C=O) groups excluding carboxylic acids is 3. The van der Waals surface area contributed by atoms with Crippen LogP contribution in [0, 0.1) is 28.1 Å². The van der Waals surface area contributed by atoms with Gasteiger partial charge >= 0.3 is 0 Å². The fourth-order valence-corrected chi connectivity index (χ4v) is 6.69. The molecule has 0 spiro atoms. The van der Waals surface area contributed by atoms with Gasteiger partial charge in [-0.1, -0.05) is 67.4 Å². The van der Waals surface area contributed by atoms with Crippen LogP contribution in [-0.2, 0) is 19.1 Å². The van der Waals surface area contributed by atoms with Crippen LogP contribution in [0.4, 0.5) is 0 Å². The van der Waals surface area contributed by atoms with Crippen LogP contribution in [0.1, 0.15) is 108 Å². The van der Waals surface area contributed by atoms with E-state index in [4.69, 9.17) is 4.74 Å². The lowest BCUT2D eigenvalue weighted by molar-refractivity contribution is -0.179. The first kappa shape index (κ1) is 32.7. The van der Waals surface area contributed by atoms with Crippen molar-refractivity contribution in [3.63, 3.8) is 0 Å². The van der Waals surface area contributed by atoms with Gasteiger partial charge in [-0.05, 0) is 93.4 Å². The largest absolute Gasteiger partial charge is 0.500 e. The minimum Gasteiger partial charge on any atom is -0.500 e. The maximum atomic E-state index is 15.2. The zero-order chi connectivity index (χ0) is 29.9. The number of hydrogen-bond acceptors (Lipinski definition) is 4. The number of hydrogen-bond donors (Lipinski definition) is 0. The lowest BCUT2D eigenvalue weighted by Gasteiger charge is -2.61. The second-order valence-corrected chi connectivity index (χ2v) is 13.3. The van der Waals surface area contributed by atoms with Crippen molar-refractivity contribution in [2.24, 2.45) is 28.1 Å². The molecule has 4 heteroatoms. The van der Waals surface area contributed by atoms with E-state index in [9.17, 15) is 9.59 Å². The summed E-state index contributed by atoms with van der Waals surface area (Å²) in [6.07, 6.45) is 10.9. The molecular formula is C35H52O4. The first-order chi connectivity index (χ1) is 18.0. The molecule has 1 fully saturated rings. The monoisotopic (exact) mass is 536 g/mol. The molecule has 0 N–H and O–H groups in total. The first-order valence-electron chi connectivity index (χ1n) is 14.5. The summed E-state index contributed by atoms with van der Waals surface area (Å²) in [6.45, 7) is 21.9. The molecule has 0 heterocycles. The van der Waals surface area contributed by atoms with Gasteiger partial charge in [0.15, 0.2) is 22.8 Å². The molecule has 216 valence electrons. The Hall–Kier alpha value is -2.49. The van der Waals surface area contributed by atoms with Crippen molar-refractivity contribution in [3.05, 3.63) is 57.9 Å². The molecule has 0 saturated heterocycles. The summed E-state index contributed by atoms with van der Waals surface area (Å²) in [4.78, 5) is 44.7. The molecule has 2 rings (SSSR count). The van der Waals surface area contributed by atoms with Gasteiger partial charge in [-0.2, -0.15) is 0 Å². The minimum atomic E-state index is -1.77. The Balaban J connectivity index is 3.19. The SMILES string of the molecule is COC1=C(CC=C(C)C)C(=O)[C@@]2(C(=O)C(C)C)C(=O)[C@]1(CC=C(C)C)C[C@H](CC=C(C)C)[C@@]2(C)CC=C(C)C. The van der Waals surface area contributed by atoms with E-state index in [0.29, 0.717) is 43.4 Å². The highest BCUT2D eigenvalue weighted by molar-refractivity contribution is 6.33. The van der Waals surface area contributed by atoms with Crippen LogP contribution in [0.15, 0.2) is 57.9 Å². The Morgan fingerprint density at radius 2 is 1.38 bits per heavy atom. The second kappa shape index (κ2) is 12.4. The van der Waals surface area contributed by atoms with E-state index in [0.717, 1.165) is 16.7 Å². The molecule has 0 aromatic heterocycles. The van der Waals surface area contributed by atoms with Crippen LogP contribution in [0.25, 0.3) is 0 Å². The number of ketones is 3. The lowest BCUT2D eigenvalue weighted by atomic mass is 9.38. The maximum Gasteiger partial charge on any atom is 0.184 e. The molecule has 1 saturated carbocycles. The Bertz CT molecular complexity index is 1140. The Morgan fingerprint density at radius 1 is 0.872 bits per heavy atom. The highest BCUT2D eigenvalue weighted by Crippen LogP contribution is 2.67. The van der Waals surface area contributed by atoms with Crippen LogP contribution < -0.4 is 0 Å².